The summed E-state index contributed by atoms with van der Waals surface area (Å²) in [5.41, 5.74) is 6.89. The van der Waals surface area contributed by atoms with Gasteiger partial charge in [-0.25, -0.2) is 0 Å². The summed E-state index contributed by atoms with van der Waals surface area (Å²) in [6, 6.07) is 0.348. The van der Waals surface area contributed by atoms with E-state index in [1.54, 1.807) is 0 Å². The average Bonchev–Trinajstić information content (AvgIpc) is 2.35. The van der Waals surface area contributed by atoms with Crippen molar-refractivity contribution in [2.24, 2.45) is 11.7 Å². The molecule has 0 bridgehead atoms. The Bertz CT molecular complexity index is 317. The van der Waals surface area contributed by atoms with Crippen LogP contribution in [0.1, 0.15) is 33.6 Å². The first-order chi connectivity index (χ1) is 8.99. The third-order valence-electron chi connectivity index (χ3n) is 4.01. The standard InChI is InChI=1S/C15H29N3O/c1-5-17(10-12(2)3)15(19)11-18-8-6-7-13(4)14(18)9-16/h13-14H,2,5-11,16H2,1,3-4H3. The van der Waals surface area contributed by atoms with Crippen LogP contribution in [-0.2, 0) is 4.79 Å². The first kappa shape index (κ1) is 16.2. The molecule has 1 saturated heterocycles. The first-order valence-corrected chi connectivity index (χ1v) is 7.35. The second-order valence-corrected chi connectivity index (χ2v) is 5.76. The highest BCUT2D eigenvalue weighted by molar-refractivity contribution is 5.78. The highest BCUT2D eigenvalue weighted by Gasteiger charge is 2.29. The number of hydrogen-bond acceptors (Lipinski definition) is 3. The number of nitrogens with zero attached hydrogens (tertiary/aromatic N) is 2. The van der Waals surface area contributed by atoms with E-state index in [4.69, 9.17) is 5.73 Å². The molecule has 2 N–H and O–H groups in total. The number of rotatable bonds is 6. The van der Waals surface area contributed by atoms with Crippen LogP contribution in [0.4, 0.5) is 0 Å². The first-order valence-electron chi connectivity index (χ1n) is 7.35. The minimum absolute atomic E-state index is 0.193. The smallest absolute Gasteiger partial charge is 0.237 e. The zero-order valence-corrected chi connectivity index (χ0v) is 12.7. The average molecular weight is 267 g/mol. The van der Waals surface area contributed by atoms with E-state index in [0.717, 1.165) is 25.1 Å². The molecule has 0 saturated carbocycles. The summed E-state index contributed by atoms with van der Waals surface area (Å²) in [6.07, 6.45) is 2.38. The molecule has 2 atom stereocenters. The lowest BCUT2D eigenvalue weighted by atomic mass is 9.91. The van der Waals surface area contributed by atoms with Crippen molar-refractivity contribution in [3.05, 3.63) is 12.2 Å². The van der Waals surface area contributed by atoms with Crippen LogP contribution in [0.3, 0.4) is 0 Å². The van der Waals surface area contributed by atoms with E-state index >= 15 is 0 Å². The Labute approximate surface area is 117 Å². The summed E-state index contributed by atoms with van der Waals surface area (Å²) in [6.45, 7) is 13.6. The maximum absolute atomic E-state index is 12.3. The van der Waals surface area contributed by atoms with Crippen molar-refractivity contribution < 1.29 is 4.79 Å². The summed E-state index contributed by atoms with van der Waals surface area (Å²) in [4.78, 5) is 16.5. The molecule has 0 spiro atoms. The van der Waals surface area contributed by atoms with Crippen molar-refractivity contribution in [1.82, 2.24) is 9.80 Å². The maximum Gasteiger partial charge on any atom is 0.237 e. The van der Waals surface area contributed by atoms with Crippen molar-refractivity contribution in [1.29, 1.82) is 0 Å². The quantitative estimate of drug-likeness (QED) is 0.741. The molecule has 0 aromatic carbocycles. The number of likely N-dealkylation sites (N-methyl/N-ethyl adjacent to an activating group) is 1. The zero-order chi connectivity index (χ0) is 14.4. The fraction of sp³-hybridized carbons (Fsp3) is 0.800. The highest BCUT2D eigenvalue weighted by atomic mass is 16.2. The van der Waals surface area contributed by atoms with Gasteiger partial charge in [0.25, 0.3) is 0 Å². The Balaban J connectivity index is 2.60. The second kappa shape index (κ2) is 7.65. The van der Waals surface area contributed by atoms with E-state index in [9.17, 15) is 4.79 Å². The zero-order valence-electron chi connectivity index (χ0n) is 12.7. The van der Waals surface area contributed by atoms with Gasteiger partial charge in [-0.15, -0.1) is 0 Å². The Morgan fingerprint density at radius 3 is 2.74 bits per heavy atom. The normalized spacial score (nSPS) is 24.2. The van der Waals surface area contributed by atoms with Gasteiger partial charge in [-0.05, 0) is 39.2 Å². The molecule has 1 heterocycles. The predicted molar refractivity (Wildman–Crippen MR) is 79.9 cm³/mol. The van der Waals surface area contributed by atoms with Crippen LogP contribution in [0.5, 0.6) is 0 Å². The Hall–Kier alpha value is -0.870. The molecule has 4 nitrogen and oxygen atoms in total. The molecule has 2 unspecified atom stereocenters. The largest absolute Gasteiger partial charge is 0.338 e. The minimum Gasteiger partial charge on any atom is -0.338 e. The number of carbonyl (C=O) groups is 1. The van der Waals surface area contributed by atoms with Crippen molar-refractivity contribution in [2.75, 3.05) is 32.7 Å². The van der Waals surface area contributed by atoms with Gasteiger partial charge in [0, 0.05) is 25.7 Å². The maximum atomic E-state index is 12.3. The molecular formula is C15H29N3O. The molecule has 1 amide bonds. The van der Waals surface area contributed by atoms with Crippen molar-refractivity contribution >= 4 is 5.91 Å². The molecule has 0 aliphatic carbocycles. The Kier molecular flexibility index (Phi) is 6.52. The van der Waals surface area contributed by atoms with Crippen LogP contribution in [0.25, 0.3) is 0 Å². The molecule has 110 valence electrons. The van der Waals surface area contributed by atoms with Gasteiger partial charge in [-0.1, -0.05) is 19.1 Å². The summed E-state index contributed by atoms with van der Waals surface area (Å²) >= 11 is 0. The second-order valence-electron chi connectivity index (χ2n) is 5.76. The van der Waals surface area contributed by atoms with E-state index in [-0.39, 0.29) is 5.91 Å². The SMILES string of the molecule is C=C(C)CN(CC)C(=O)CN1CCCC(C)C1CN. The topological polar surface area (TPSA) is 49.6 Å². The molecule has 1 aliphatic heterocycles. The van der Waals surface area contributed by atoms with Gasteiger partial charge in [-0.2, -0.15) is 0 Å². The van der Waals surface area contributed by atoms with Gasteiger partial charge in [0.2, 0.25) is 5.91 Å². The molecule has 0 aromatic heterocycles. The molecule has 1 fully saturated rings. The molecule has 4 heteroatoms. The lowest BCUT2D eigenvalue weighted by molar-refractivity contribution is -0.133. The molecule has 0 aromatic rings. The highest BCUT2D eigenvalue weighted by Crippen LogP contribution is 2.22. The van der Waals surface area contributed by atoms with Crippen LogP contribution in [-0.4, -0.2) is 54.5 Å². The number of amides is 1. The van der Waals surface area contributed by atoms with Gasteiger partial charge in [0.15, 0.2) is 0 Å². The van der Waals surface area contributed by atoms with Crippen LogP contribution in [0.15, 0.2) is 12.2 Å². The van der Waals surface area contributed by atoms with E-state index in [1.807, 2.05) is 18.7 Å². The number of carbonyl (C=O) groups excluding carboxylic acids is 1. The third kappa shape index (κ3) is 4.62. The Morgan fingerprint density at radius 2 is 2.21 bits per heavy atom. The molecule has 1 aliphatic rings. The lowest BCUT2D eigenvalue weighted by Crippen LogP contribution is -2.52. The van der Waals surface area contributed by atoms with Gasteiger partial charge in [0.1, 0.15) is 0 Å². The van der Waals surface area contributed by atoms with E-state index in [0.29, 0.717) is 31.6 Å². The summed E-state index contributed by atoms with van der Waals surface area (Å²) < 4.78 is 0. The molecular weight excluding hydrogens is 238 g/mol. The van der Waals surface area contributed by atoms with Crippen LogP contribution in [0.2, 0.25) is 0 Å². The fourth-order valence-electron chi connectivity index (χ4n) is 2.89. The van der Waals surface area contributed by atoms with Crippen LogP contribution < -0.4 is 5.73 Å². The number of piperidine rings is 1. The monoisotopic (exact) mass is 267 g/mol. The minimum atomic E-state index is 0.193. The Morgan fingerprint density at radius 1 is 1.53 bits per heavy atom. The number of likely N-dealkylation sites (tertiary alicyclic amines) is 1. The van der Waals surface area contributed by atoms with Gasteiger partial charge in [0.05, 0.1) is 6.54 Å². The third-order valence-corrected chi connectivity index (χ3v) is 4.01. The number of nitrogens with two attached hydrogens (primary N) is 1. The van der Waals surface area contributed by atoms with E-state index < -0.39 is 0 Å². The van der Waals surface area contributed by atoms with Crippen molar-refractivity contribution in [3.63, 3.8) is 0 Å². The van der Waals surface area contributed by atoms with Crippen molar-refractivity contribution in [2.45, 2.75) is 39.7 Å². The van der Waals surface area contributed by atoms with E-state index in [1.165, 1.54) is 6.42 Å². The number of hydrogen-bond donors (Lipinski definition) is 1. The van der Waals surface area contributed by atoms with Crippen LogP contribution >= 0.6 is 0 Å². The molecule has 1 rings (SSSR count). The van der Waals surface area contributed by atoms with Gasteiger partial charge >= 0.3 is 0 Å². The molecule has 0 radical (unpaired) electrons. The van der Waals surface area contributed by atoms with Gasteiger partial charge in [-0.3, -0.25) is 9.69 Å². The summed E-state index contributed by atoms with van der Waals surface area (Å²) in [7, 11) is 0. The predicted octanol–water partition coefficient (Wildman–Crippen LogP) is 1.47. The fourth-order valence-corrected chi connectivity index (χ4v) is 2.89. The van der Waals surface area contributed by atoms with Crippen LogP contribution in [0, 0.1) is 5.92 Å². The summed E-state index contributed by atoms with van der Waals surface area (Å²) in [5.74, 6) is 0.779. The lowest BCUT2D eigenvalue weighted by Gasteiger charge is -2.39. The van der Waals surface area contributed by atoms with Crippen molar-refractivity contribution in [3.8, 4) is 0 Å². The van der Waals surface area contributed by atoms with E-state index in [2.05, 4.69) is 18.4 Å². The molecule has 19 heavy (non-hydrogen) atoms. The van der Waals surface area contributed by atoms with Gasteiger partial charge < -0.3 is 10.6 Å². The summed E-state index contributed by atoms with van der Waals surface area (Å²) in [5, 5.41) is 0.